The summed E-state index contributed by atoms with van der Waals surface area (Å²) < 4.78 is 34.3. The largest absolute Gasteiger partial charge is 0.431 e. The van der Waals surface area contributed by atoms with Crippen LogP contribution in [-0.4, -0.2) is 71.7 Å². The topological polar surface area (TPSA) is 116 Å². The van der Waals surface area contributed by atoms with Gasteiger partial charge in [0.15, 0.2) is 12.2 Å². The fourth-order valence-corrected chi connectivity index (χ4v) is 3.11. The number of carbonyl (C=O) groups is 2. The van der Waals surface area contributed by atoms with Crippen molar-refractivity contribution >= 4 is 34.9 Å². The summed E-state index contributed by atoms with van der Waals surface area (Å²) in [6.45, 7) is 2.70. The first-order valence-electron chi connectivity index (χ1n) is 8.92. The van der Waals surface area contributed by atoms with Gasteiger partial charge in [-0.05, 0) is 36.0 Å². The molecular weight excluding hydrogens is 443 g/mol. The van der Waals surface area contributed by atoms with Crippen molar-refractivity contribution in [1.82, 2.24) is 10.2 Å². The second-order valence-electron chi connectivity index (χ2n) is 6.08. The molecule has 2 unspecified atom stereocenters. The van der Waals surface area contributed by atoms with Crippen molar-refractivity contribution in [3.63, 3.8) is 0 Å². The number of nitrogens with two attached hydrogens (primary N) is 1. The van der Waals surface area contributed by atoms with Crippen LogP contribution < -0.4 is 11.1 Å². The number of halogens is 3. The molecule has 7 nitrogen and oxygen atoms in total. The molecule has 0 saturated carbocycles. The Morgan fingerprint density at radius 1 is 1.37 bits per heavy atom. The maximum Gasteiger partial charge on any atom is 0.431 e. The first-order valence-corrected chi connectivity index (χ1v) is 11.1. The number of thiophene rings is 1. The predicted octanol–water partition coefficient (Wildman–Crippen LogP) is 1.71. The minimum absolute atomic E-state index is 0.349. The third-order valence-corrected chi connectivity index (χ3v) is 5.00. The molecule has 30 heavy (non-hydrogen) atoms. The van der Waals surface area contributed by atoms with E-state index in [9.17, 15) is 33.0 Å². The number of carbonyl (C=O) groups excluding carboxylic acids is 2. The molecule has 0 aromatic carbocycles. The van der Waals surface area contributed by atoms with Gasteiger partial charge in [0.05, 0.1) is 0 Å². The van der Waals surface area contributed by atoms with E-state index in [1.54, 1.807) is 11.3 Å². The average Bonchev–Trinajstić information content (AvgIpc) is 3.19. The molecule has 1 rings (SSSR count). The van der Waals surface area contributed by atoms with Gasteiger partial charge in [-0.3, -0.25) is 9.59 Å². The van der Waals surface area contributed by atoms with E-state index in [1.165, 1.54) is 18.2 Å². The number of nitrogens with zero attached hydrogens (tertiary/aromatic N) is 1. The molecule has 2 atom stereocenters. The molecule has 0 aliphatic carbocycles. The lowest BCUT2D eigenvalue weighted by Crippen LogP contribution is -2.50. The minimum atomic E-state index is -4.37. The van der Waals surface area contributed by atoms with Crippen LogP contribution in [0.2, 0.25) is 0 Å². The normalized spacial score (nSPS) is 13.7. The first-order chi connectivity index (χ1) is 13.9. The zero-order valence-electron chi connectivity index (χ0n) is 17.0. The molecule has 1 heterocycles. The Morgan fingerprint density at radius 2 is 2.00 bits per heavy atom. The molecule has 0 saturated heterocycles. The van der Waals surface area contributed by atoms with E-state index >= 15 is 0 Å². The standard InChI is InChI=1S/C14H22N2O4S.C4H6F3NS/c1-3-8-16(2)14(20)12(18)11(17)13(19)15-7-6-10-5-4-9-21-10;1-9-2-3(8)4(5,6)7/h4-5,9,11-12,17-18H,3,6-8H2,1-2H3,(H,15,19);2H,8H2,1H3/b;3-2-. The second-order valence-corrected chi connectivity index (χ2v) is 7.82. The molecule has 1 aromatic rings. The monoisotopic (exact) mass is 471 g/mol. The minimum Gasteiger partial charge on any atom is -0.394 e. The Morgan fingerprint density at radius 3 is 2.43 bits per heavy atom. The summed E-state index contributed by atoms with van der Waals surface area (Å²) in [6.07, 6.45) is -4.96. The number of rotatable bonds is 9. The fraction of sp³-hybridized carbons (Fsp3) is 0.556. The van der Waals surface area contributed by atoms with Gasteiger partial charge in [-0.25, -0.2) is 0 Å². The number of allylic oxidation sites excluding steroid dienone is 1. The molecular formula is C18H28F3N3O4S2. The Hall–Kier alpha value is -1.76. The van der Waals surface area contributed by atoms with Crippen LogP contribution in [0.25, 0.3) is 0 Å². The van der Waals surface area contributed by atoms with Crippen molar-refractivity contribution in [1.29, 1.82) is 0 Å². The molecule has 0 fully saturated rings. The van der Waals surface area contributed by atoms with Crippen LogP contribution in [0, 0.1) is 0 Å². The third-order valence-electron chi connectivity index (χ3n) is 3.58. The summed E-state index contributed by atoms with van der Waals surface area (Å²) in [6, 6.07) is 3.87. The quantitative estimate of drug-likeness (QED) is 0.436. The van der Waals surface area contributed by atoms with E-state index in [-0.39, 0.29) is 0 Å². The smallest absolute Gasteiger partial charge is 0.394 e. The first kappa shape index (κ1) is 28.2. The van der Waals surface area contributed by atoms with Crippen LogP contribution in [0.15, 0.2) is 28.6 Å². The number of likely N-dealkylation sites (N-methyl/N-ethyl adjacent to an activating group) is 1. The zero-order valence-corrected chi connectivity index (χ0v) is 18.6. The van der Waals surface area contributed by atoms with Crippen molar-refractivity contribution in [3.8, 4) is 0 Å². The number of alkyl halides is 3. The number of thioether (sulfide) groups is 1. The van der Waals surface area contributed by atoms with Gasteiger partial charge in [0, 0.05) is 25.0 Å². The summed E-state index contributed by atoms with van der Waals surface area (Å²) in [4.78, 5) is 25.9. The van der Waals surface area contributed by atoms with E-state index in [0.717, 1.165) is 28.5 Å². The Balaban J connectivity index is 0.000000787. The highest BCUT2D eigenvalue weighted by atomic mass is 32.2. The lowest BCUT2D eigenvalue weighted by atomic mass is 10.1. The fourth-order valence-electron chi connectivity index (χ4n) is 2.01. The molecule has 0 radical (unpaired) electrons. The molecule has 12 heteroatoms. The van der Waals surface area contributed by atoms with Gasteiger partial charge in [0.2, 0.25) is 0 Å². The Labute approximate surface area is 182 Å². The molecule has 0 spiro atoms. The lowest BCUT2D eigenvalue weighted by molar-refractivity contribution is -0.152. The highest BCUT2D eigenvalue weighted by Gasteiger charge is 2.32. The second kappa shape index (κ2) is 14.3. The Kier molecular flexibility index (Phi) is 13.4. The van der Waals surface area contributed by atoms with Gasteiger partial charge in [-0.15, -0.1) is 23.1 Å². The number of aliphatic hydroxyl groups excluding tert-OH is 2. The summed E-state index contributed by atoms with van der Waals surface area (Å²) >= 11 is 2.51. The van der Waals surface area contributed by atoms with Gasteiger partial charge in [-0.1, -0.05) is 13.0 Å². The lowest BCUT2D eigenvalue weighted by Gasteiger charge is -2.22. The molecule has 0 aliphatic rings. The average molecular weight is 472 g/mol. The van der Waals surface area contributed by atoms with Gasteiger partial charge in [-0.2, -0.15) is 13.2 Å². The van der Waals surface area contributed by atoms with Gasteiger partial charge < -0.3 is 26.2 Å². The van der Waals surface area contributed by atoms with E-state index in [1.807, 2.05) is 24.4 Å². The van der Waals surface area contributed by atoms with E-state index in [0.29, 0.717) is 19.5 Å². The number of nitrogens with one attached hydrogen (secondary N) is 1. The maximum atomic E-state index is 11.8. The van der Waals surface area contributed by atoms with Crippen LogP contribution in [0.1, 0.15) is 18.2 Å². The number of hydrogen-bond donors (Lipinski definition) is 4. The van der Waals surface area contributed by atoms with Crippen molar-refractivity contribution in [2.75, 3.05) is 26.4 Å². The Bertz CT molecular complexity index is 670. The number of aliphatic hydroxyl groups is 2. The van der Waals surface area contributed by atoms with Crippen molar-refractivity contribution in [2.45, 2.75) is 38.1 Å². The van der Waals surface area contributed by atoms with Crippen molar-refractivity contribution in [3.05, 3.63) is 33.5 Å². The summed E-state index contributed by atoms with van der Waals surface area (Å²) in [5, 5.41) is 24.8. The molecule has 5 N–H and O–H groups in total. The summed E-state index contributed by atoms with van der Waals surface area (Å²) in [7, 11) is 1.52. The van der Waals surface area contributed by atoms with Crippen molar-refractivity contribution in [2.24, 2.45) is 5.73 Å². The van der Waals surface area contributed by atoms with Gasteiger partial charge in [0.1, 0.15) is 5.70 Å². The van der Waals surface area contributed by atoms with Crippen LogP contribution in [0.5, 0.6) is 0 Å². The molecule has 2 amide bonds. The van der Waals surface area contributed by atoms with Crippen LogP contribution in [0.3, 0.4) is 0 Å². The van der Waals surface area contributed by atoms with Crippen LogP contribution >= 0.6 is 23.1 Å². The highest BCUT2D eigenvalue weighted by Crippen LogP contribution is 2.22. The van der Waals surface area contributed by atoms with E-state index in [2.05, 4.69) is 11.1 Å². The van der Waals surface area contributed by atoms with Crippen molar-refractivity contribution < 1.29 is 33.0 Å². The van der Waals surface area contributed by atoms with Crippen LogP contribution in [-0.2, 0) is 16.0 Å². The third kappa shape index (κ3) is 10.9. The SMILES string of the molecule is CCCN(C)C(=O)C(O)C(O)C(=O)NCCc1cccs1.CS/C=C(\N)C(F)(F)F. The van der Waals surface area contributed by atoms with E-state index in [4.69, 9.17) is 0 Å². The van der Waals surface area contributed by atoms with Gasteiger partial charge in [0.25, 0.3) is 11.8 Å². The van der Waals surface area contributed by atoms with Crippen LogP contribution in [0.4, 0.5) is 13.2 Å². The molecule has 172 valence electrons. The predicted molar refractivity (Wildman–Crippen MR) is 113 cm³/mol. The summed E-state index contributed by atoms with van der Waals surface area (Å²) in [5.41, 5.74) is 3.53. The highest BCUT2D eigenvalue weighted by molar-refractivity contribution is 8.01. The molecule has 0 aliphatic heterocycles. The van der Waals surface area contributed by atoms with E-state index < -0.39 is 35.9 Å². The number of amides is 2. The molecule has 0 bridgehead atoms. The summed E-state index contributed by atoms with van der Waals surface area (Å²) in [5.74, 6) is -1.39. The number of hydrogen-bond acceptors (Lipinski definition) is 7. The molecule has 1 aromatic heterocycles. The zero-order chi connectivity index (χ0) is 23.3. The van der Waals surface area contributed by atoms with Gasteiger partial charge >= 0.3 is 6.18 Å². The maximum absolute atomic E-state index is 11.8.